The van der Waals surface area contributed by atoms with E-state index >= 15 is 0 Å². The van der Waals surface area contributed by atoms with Crippen molar-refractivity contribution in [3.63, 3.8) is 0 Å². The molecule has 1 heterocycles. The lowest BCUT2D eigenvalue weighted by Gasteiger charge is -2.11. The van der Waals surface area contributed by atoms with Crippen molar-refractivity contribution in [3.05, 3.63) is 54.2 Å². The summed E-state index contributed by atoms with van der Waals surface area (Å²) in [6.07, 6.45) is -4.88. The van der Waals surface area contributed by atoms with E-state index < -0.39 is 28.1 Å². The van der Waals surface area contributed by atoms with Crippen LogP contribution in [-0.2, 0) is 14.8 Å². The Bertz CT molecular complexity index is 1140. The van der Waals surface area contributed by atoms with E-state index in [1.165, 1.54) is 12.1 Å². The van der Waals surface area contributed by atoms with E-state index in [9.17, 15) is 26.4 Å². The fraction of sp³-hybridized carbons (Fsp3) is 0.167. The maximum absolute atomic E-state index is 12.6. The van der Waals surface area contributed by atoms with Crippen LogP contribution < -0.4 is 9.46 Å². The van der Waals surface area contributed by atoms with Crippen molar-refractivity contribution in [3.8, 4) is 5.75 Å². The van der Waals surface area contributed by atoms with Gasteiger partial charge in [0, 0.05) is 5.39 Å². The van der Waals surface area contributed by atoms with Crippen LogP contribution in [0.2, 0.25) is 0 Å². The van der Waals surface area contributed by atoms with Gasteiger partial charge in [0.2, 0.25) is 0 Å². The maximum atomic E-state index is 12.6. The summed E-state index contributed by atoms with van der Waals surface area (Å²) < 4.78 is 72.9. The molecular weight excluding hydrogens is 413 g/mol. The molecule has 0 spiro atoms. The molecule has 0 atom stereocenters. The van der Waals surface area contributed by atoms with E-state index in [4.69, 9.17) is 4.74 Å². The van der Waals surface area contributed by atoms with Crippen molar-refractivity contribution in [1.29, 1.82) is 0 Å². The second-order valence-corrected chi connectivity index (χ2v) is 7.48. The minimum atomic E-state index is -4.88. The molecule has 0 radical (unpaired) electrons. The fourth-order valence-electron chi connectivity index (χ4n) is 2.58. The summed E-state index contributed by atoms with van der Waals surface area (Å²) in [5.41, 5.74) is 0.673. The fourth-order valence-corrected chi connectivity index (χ4v) is 3.66. The molecule has 0 aliphatic heterocycles. The number of aromatic amines is 1. The minimum absolute atomic E-state index is 0.155. The van der Waals surface area contributed by atoms with Crippen LogP contribution in [0.1, 0.15) is 17.4 Å². The number of carbonyl (C=O) groups is 1. The molecule has 0 saturated carbocycles. The zero-order valence-corrected chi connectivity index (χ0v) is 15.7. The quantitative estimate of drug-likeness (QED) is 0.578. The zero-order valence-electron chi connectivity index (χ0n) is 14.9. The monoisotopic (exact) mass is 428 g/mol. The number of hydrogen-bond acceptors (Lipinski definition) is 5. The molecule has 7 nitrogen and oxygen atoms in total. The number of ether oxygens (including phenoxy) is 2. The third-order valence-corrected chi connectivity index (χ3v) is 5.14. The number of fused-ring (bicyclic) bond motifs is 1. The van der Waals surface area contributed by atoms with Gasteiger partial charge < -0.3 is 14.5 Å². The Balaban J connectivity index is 1.88. The Labute approximate surface area is 163 Å². The summed E-state index contributed by atoms with van der Waals surface area (Å²) in [6, 6.07) is 10.0. The van der Waals surface area contributed by atoms with Gasteiger partial charge in [-0.3, -0.25) is 4.72 Å². The van der Waals surface area contributed by atoms with Gasteiger partial charge in [-0.2, -0.15) is 0 Å². The smallest absolute Gasteiger partial charge is 0.461 e. The van der Waals surface area contributed by atoms with Crippen LogP contribution in [-0.4, -0.2) is 32.3 Å². The molecule has 0 saturated heterocycles. The van der Waals surface area contributed by atoms with Crippen LogP contribution >= 0.6 is 0 Å². The lowest BCUT2D eigenvalue weighted by Crippen LogP contribution is -2.17. The van der Waals surface area contributed by atoms with Crippen molar-refractivity contribution in [2.24, 2.45) is 0 Å². The molecule has 11 heteroatoms. The van der Waals surface area contributed by atoms with Gasteiger partial charge in [0.1, 0.15) is 11.4 Å². The molecule has 29 heavy (non-hydrogen) atoms. The number of anilines is 1. The second-order valence-electron chi connectivity index (χ2n) is 5.80. The van der Waals surface area contributed by atoms with Gasteiger partial charge >= 0.3 is 12.3 Å². The van der Waals surface area contributed by atoms with E-state index in [0.717, 1.165) is 24.3 Å². The van der Waals surface area contributed by atoms with Crippen molar-refractivity contribution < 1.29 is 35.9 Å². The number of carbonyl (C=O) groups excluding carboxylic acids is 1. The average molecular weight is 428 g/mol. The highest BCUT2D eigenvalue weighted by molar-refractivity contribution is 7.92. The van der Waals surface area contributed by atoms with E-state index in [-0.39, 0.29) is 22.9 Å². The lowest BCUT2D eigenvalue weighted by atomic mass is 10.2. The first-order valence-corrected chi connectivity index (χ1v) is 9.75. The molecule has 0 aliphatic carbocycles. The zero-order chi connectivity index (χ0) is 21.2. The van der Waals surface area contributed by atoms with E-state index in [2.05, 4.69) is 14.4 Å². The largest absolute Gasteiger partial charge is 0.573 e. The lowest BCUT2D eigenvalue weighted by molar-refractivity contribution is -0.274. The Morgan fingerprint density at radius 2 is 1.83 bits per heavy atom. The molecule has 2 N–H and O–H groups in total. The maximum Gasteiger partial charge on any atom is 0.573 e. The number of rotatable bonds is 6. The molecule has 1 aromatic heterocycles. The van der Waals surface area contributed by atoms with Crippen LogP contribution in [0.3, 0.4) is 0 Å². The van der Waals surface area contributed by atoms with Crippen LogP contribution in [0.5, 0.6) is 5.75 Å². The first-order valence-electron chi connectivity index (χ1n) is 8.26. The number of hydrogen-bond donors (Lipinski definition) is 2. The van der Waals surface area contributed by atoms with Gasteiger partial charge in [-0.15, -0.1) is 13.2 Å². The summed E-state index contributed by atoms with van der Waals surface area (Å²) in [4.78, 5) is 14.4. The van der Waals surface area contributed by atoms with Gasteiger partial charge in [0.05, 0.1) is 22.7 Å². The molecular formula is C18H15F3N2O5S. The highest BCUT2D eigenvalue weighted by Gasteiger charge is 2.31. The Morgan fingerprint density at radius 1 is 1.14 bits per heavy atom. The standard InChI is InChI=1S/C18H15F3N2O5S/c1-2-27-17(24)15-10-11-4-3-5-14(16(11)22-15)23-29(25,26)13-8-6-12(7-9-13)28-18(19,20)21/h3-10,22-23H,2H2,1H3. The summed E-state index contributed by atoms with van der Waals surface area (Å²) >= 11 is 0. The number of benzene rings is 2. The predicted octanol–water partition coefficient (Wildman–Crippen LogP) is 4.04. The van der Waals surface area contributed by atoms with Gasteiger partial charge in [-0.1, -0.05) is 12.1 Å². The molecule has 0 unspecified atom stereocenters. The number of para-hydroxylation sites is 1. The number of sulfonamides is 1. The summed E-state index contributed by atoms with van der Waals surface area (Å²) in [5, 5.41) is 0.571. The Hall–Kier alpha value is -3.21. The Kier molecular flexibility index (Phi) is 5.42. The molecule has 0 fully saturated rings. The first kappa shape index (κ1) is 20.5. The minimum Gasteiger partial charge on any atom is -0.461 e. The molecule has 154 valence electrons. The van der Waals surface area contributed by atoms with E-state index in [1.807, 2.05) is 0 Å². The summed E-state index contributed by atoms with van der Waals surface area (Å²) in [7, 11) is -4.11. The summed E-state index contributed by atoms with van der Waals surface area (Å²) in [6.45, 7) is 1.84. The van der Waals surface area contributed by atoms with Crippen LogP contribution in [0.25, 0.3) is 10.9 Å². The highest BCUT2D eigenvalue weighted by Crippen LogP contribution is 2.28. The number of halogens is 3. The molecule has 3 aromatic rings. The van der Waals surface area contributed by atoms with Crippen molar-refractivity contribution in [2.45, 2.75) is 18.2 Å². The Morgan fingerprint density at radius 3 is 2.45 bits per heavy atom. The van der Waals surface area contributed by atoms with Gasteiger partial charge in [0.15, 0.2) is 0 Å². The number of aromatic nitrogens is 1. The topological polar surface area (TPSA) is 97.5 Å². The SMILES string of the molecule is CCOC(=O)c1cc2cccc(NS(=O)(=O)c3ccc(OC(F)(F)F)cc3)c2[nH]1. The number of H-pyrrole nitrogens is 1. The van der Waals surface area contributed by atoms with Gasteiger partial charge in [-0.05, 0) is 43.3 Å². The van der Waals surface area contributed by atoms with E-state index in [1.54, 1.807) is 19.1 Å². The van der Waals surface area contributed by atoms with Crippen LogP contribution in [0.15, 0.2) is 53.4 Å². The average Bonchev–Trinajstić information content (AvgIpc) is 3.06. The number of nitrogens with one attached hydrogen (secondary N) is 2. The molecule has 2 aromatic carbocycles. The molecule has 3 rings (SSSR count). The molecule has 0 amide bonds. The first-order chi connectivity index (χ1) is 13.6. The van der Waals surface area contributed by atoms with E-state index in [0.29, 0.717) is 10.9 Å². The van der Waals surface area contributed by atoms with Crippen molar-refractivity contribution in [1.82, 2.24) is 4.98 Å². The number of esters is 1. The summed E-state index contributed by atoms with van der Waals surface area (Å²) in [5.74, 6) is -1.13. The van der Waals surface area contributed by atoms with Crippen LogP contribution in [0, 0.1) is 0 Å². The van der Waals surface area contributed by atoms with Gasteiger partial charge in [-0.25, -0.2) is 13.2 Å². The molecule has 0 bridgehead atoms. The van der Waals surface area contributed by atoms with Crippen molar-refractivity contribution >= 4 is 32.6 Å². The second kappa shape index (κ2) is 7.66. The number of alkyl halides is 3. The third kappa shape index (κ3) is 4.80. The van der Waals surface area contributed by atoms with Crippen molar-refractivity contribution in [2.75, 3.05) is 11.3 Å². The highest BCUT2D eigenvalue weighted by atomic mass is 32.2. The third-order valence-electron chi connectivity index (χ3n) is 3.76. The normalized spacial score (nSPS) is 12.0. The van der Waals surface area contributed by atoms with Crippen LogP contribution in [0.4, 0.5) is 18.9 Å². The predicted molar refractivity (Wildman–Crippen MR) is 98.2 cm³/mol. The molecule has 0 aliphatic rings. The van der Waals surface area contributed by atoms with Gasteiger partial charge in [0.25, 0.3) is 10.0 Å².